The molecule has 0 bridgehead atoms. The number of rotatable bonds is 3. The summed E-state index contributed by atoms with van der Waals surface area (Å²) in [5, 5.41) is 2.76. The van der Waals surface area contributed by atoms with Gasteiger partial charge in [0.25, 0.3) is 5.91 Å². The van der Waals surface area contributed by atoms with Gasteiger partial charge >= 0.3 is 0 Å². The van der Waals surface area contributed by atoms with Gasteiger partial charge in [-0.2, -0.15) is 0 Å². The number of halogens is 2. The van der Waals surface area contributed by atoms with E-state index in [0.717, 1.165) is 12.1 Å². The van der Waals surface area contributed by atoms with E-state index in [1.807, 2.05) is 0 Å². The van der Waals surface area contributed by atoms with E-state index >= 15 is 0 Å². The molecular weight excluding hydrogens is 219 g/mol. The van der Waals surface area contributed by atoms with Crippen LogP contribution in [0.5, 0.6) is 0 Å². The highest BCUT2D eigenvalue weighted by molar-refractivity contribution is 6.29. The predicted molar refractivity (Wildman–Crippen MR) is 58.1 cm³/mol. The lowest BCUT2D eigenvalue weighted by atomic mass is 10.2. The van der Waals surface area contributed by atoms with Crippen LogP contribution in [0.3, 0.4) is 0 Å². The van der Waals surface area contributed by atoms with E-state index in [0.29, 0.717) is 5.03 Å². The number of hydrogen-bond donors (Lipinski definition) is 2. The fourth-order valence-corrected chi connectivity index (χ4v) is 1.09. The van der Waals surface area contributed by atoms with Crippen molar-refractivity contribution in [3.63, 3.8) is 0 Å². The number of nitrogens with two attached hydrogens (primary N) is 1. The monoisotopic (exact) mass is 228 g/mol. The van der Waals surface area contributed by atoms with Gasteiger partial charge in [-0.15, -0.1) is 0 Å². The molecule has 5 heteroatoms. The minimum Gasteiger partial charge on any atom is -0.399 e. The maximum absolute atomic E-state index is 12.9. The molecule has 0 heterocycles. The smallest absolute Gasteiger partial charge is 0.251 e. The topological polar surface area (TPSA) is 55.1 Å². The standard InChI is InChI=1S/C10H10ClFN2O/c1-6(11)5-14-10(15)7-2-8(12)4-9(13)3-7/h2-4H,1,5,13H2,(H,14,15). The van der Waals surface area contributed by atoms with E-state index in [9.17, 15) is 9.18 Å². The van der Waals surface area contributed by atoms with Crippen molar-refractivity contribution >= 4 is 23.2 Å². The van der Waals surface area contributed by atoms with Gasteiger partial charge in [0.05, 0.1) is 6.54 Å². The molecular formula is C10H10ClFN2O. The molecule has 0 fully saturated rings. The third-order valence-corrected chi connectivity index (χ3v) is 1.76. The third-order valence-electron chi connectivity index (χ3n) is 1.62. The van der Waals surface area contributed by atoms with Crippen molar-refractivity contribution in [3.8, 4) is 0 Å². The average molecular weight is 229 g/mol. The van der Waals surface area contributed by atoms with Crippen molar-refractivity contribution in [2.24, 2.45) is 0 Å². The second kappa shape index (κ2) is 4.79. The maximum atomic E-state index is 12.9. The molecule has 0 atom stereocenters. The summed E-state index contributed by atoms with van der Waals surface area (Å²) in [4.78, 5) is 11.4. The fourth-order valence-electron chi connectivity index (χ4n) is 1.02. The number of carbonyl (C=O) groups is 1. The van der Waals surface area contributed by atoms with E-state index in [1.54, 1.807) is 0 Å². The quantitative estimate of drug-likeness (QED) is 0.777. The summed E-state index contributed by atoms with van der Waals surface area (Å²) in [5.74, 6) is -0.993. The molecule has 80 valence electrons. The summed E-state index contributed by atoms with van der Waals surface area (Å²) in [5.41, 5.74) is 5.75. The van der Waals surface area contributed by atoms with Crippen LogP contribution in [0.2, 0.25) is 0 Å². The van der Waals surface area contributed by atoms with Crippen LogP contribution in [0, 0.1) is 5.82 Å². The largest absolute Gasteiger partial charge is 0.399 e. The number of hydrogen-bond acceptors (Lipinski definition) is 2. The molecule has 1 amide bonds. The van der Waals surface area contributed by atoms with E-state index in [1.165, 1.54) is 6.07 Å². The van der Waals surface area contributed by atoms with Gasteiger partial charge in [-0.05, 0) is 18.2 Å². The van der Waals surface area contributed by atoms with E-state index in [4.69, 9.17) is 17.3 Å². The van der Waals surface area contributed by atoms with Crippen molar-refractivity contribution in [1.82, 2.24) is 5.32 Å². The second-order valence-electron chi connectivity index (χ2n) is 2.97. The molecule has 0 radical (unpaired) electrons. The van der Waals surface area contributed by atoms with Gasteiger partial charge in [0.1, 0.15) is 5.82 Å². The van der Waals surface area contributed by atoms with Crippen LogP contribution in [-0.4, -0.2) is 12.5 Å². The fraction of sp³-hybridized carbons (Fsp3) is 0.100. The molecule has 1 rings (SSSR count). The molecule has 3 nitrogen and oxygen atoms in total. The maximum Gasteiger partial charge on any atom is 0.251 e. The Labute approximate surface area is 91.7 Å². The second-order valence-corrected chi connectivity index (χ2v) is 3.51. The first-order chi connectivity index (χ1) is 6.99. The van der Waals surface area contributed by atoms with Gasteiger partial charge in [0, 0.05) is 16.3 Å². The number of nitrogen functional groups attached to an aromatic ring is 1. The zero-order chi connectivity index (χ0) is 11.4. The Bertz CT molecular complexity index is 386. The first-order valence-electron chi connectivity index (χ1n) is 4.16. The zero-order valence-electron chi connectivity index (χ0n) is 7.89. The molecule has 0 aliphatic carbocycles. The lowest BCUT2D eigenvalue weighted by molar-refractivity contribution is 0.0957. The molecule has 1 aromatic rings. The molecule has 0 spiro atoms. The van der Waals surface area contributed by atoms with Crippen LogP contribution in [0.1, 0.15) is 10.4 Å². The van der Waals surface area contributed by atoms with Crippen LogP contribution >= 0.6 is 11.6 Å². The summed E-state index contributed by atoms with van der Waals surface area (Å²) >= 11 is 5.46. The van der Waals surface area contributed by atoms with E-state index in [-0.39, 0.29) is 17.8 Å². The normalized spacial score (nSPS) is 9.73. The summed E-state index contributed by atoms with van der Waals surface area (Å²) in [6, 6.07) is 3.62. The Hall–Kier alpha value is -1.55. The van der Waals surface area contributed by atoms with Gasteiger partial charge in [-0.3, -0.25) is 4.79 Å². The highest BCUT2D eigenvalue weighted by Crippen LogP contribution is 2.10. The van der Waals surface area contributed by atoms with Crippen molar-refractivity contribution in [1.29, 1.82) is 0 Å². The summed E-state index contributed by atoms with van der Waals surface area (Å²) in [7, 11) is 0. The SMILES string of the molecule is C=C(Cl)CNC(=O)c1cc(N)cc(F)c1. The molecule has 1 aromatic carbocycles. The molecule has 3 N–H and O–H groups in total. The highest BCUT2D eigenvalue weighted by atomic mass is 35.5. The lowest BCUT2D eigenvalue weighted by Crippen LogP contribution is -2.24. The lowest BCUT2D eigenvalue weighted by Gasteiger charge is -2.04. The van der Waals surface area contributed by atoms with Gasteiger partial charge < -0.3 is 11.1 Å². The minimum absolute atomic E-state index is 0.136. The molecule has 0 saturated heterocycles. The Morgan fingerprint density at radius 2 is 2.20 bits per heavy atom. The third kappa shape index (κ3) is 3.59. The molecule has 0 unspecified atom stereocenters. The van der Waals surface area contributed by atoms with Gasteiger partial charge in [-0.25, -0.2) is 4.39 Å². The Balaban J connectivity index is 2.77. The summed E-state index contributed by atoms with van der Waals surface area (Å²) in [6.07, 6.45) is 0. The van der Waals surface area contributed by atoms with Crippen molar-refractivity contribution in [2.75, 3.05) is 12.3 Å². The van der Waals surface area contributed by atoms with Crippen molar-refractivity contribution < 1.29 is 9.18 Å². The molecule has 0 aliphatic heterocycles. The predicted octanol–water partition coefficient (Wildman–Crippen LogP) is 1.89. The minimum atomic E-state index is -0.551. The number of benzene rings is 1. The molecule has 0 aliphatic rings. The number of anilines is 1. The van der Waals surface area contributed by atoms with Gasteiger partial charge in [-0.1, -0.05) is 18.2 Å². The number of amides is 1. The summed E-state index contributed by atoms with van der Waals surface area (Å²) < 4.78 is 12.9. The van der Waals surface area contributed by atoms with Crippen LogP contribution in [-0.2, 0) is 0 Å². The molecule has 0 saturated carbocycles. The number of nitrogens with one attached hydrogen (secondary N) is 1. The van der Waals surface area contributed by atoms with Crippen LogP contribution in [0.15, 0.2) is 29.8 Å². The number of carbonyl (C=O) groups excluding carboxylic acids is 1. The van der Waals surface area contributed by atoms with Gasteiger partial charge in [0.2, 0.25) is 0 Å². The van der Waals surface area contributed by atoms with E-state index in [2.05, 4.69) is 11.9 Å². The Morgan fingerprint density at radius 3 is 2.73 bits per heavy atom. The zero-order valence-corrected chi connectivity index (χ0v) is 8.64. The summed E-state index contributed by atoms with van der Waals surface area (Å²) in [6.45, 7) is 3.54. The van der Waals surface area contributed by atoms with Crippen LogP contribution in [0.25, 0.3) is 0 Å². The Kier molecular flexibility index (Phi) is 3.68. The van der Waals surface area contributed by atoms with E-state index < -0.39 is 11.7 Å². The first-order valence-corrected chi connectivity index (χ1v) is 4.54. The van der Waals surface area contributed by atoms with Crippen LogP contribution in [0.4, 0.5) is 10.1 Å². The van der Waals surface area contributed by atoms with Crippen molar-refractivity contribution in [3.05, 3.63) is 41.2 Å². The average Bonchev–Trinajstić information content (AvgIpc) is 2.12. The van der Waals surface area contributed by atoms with Gasteiger partial charge in [0.15, 0.2) is 0 Å². The van der Waals surface area contributed by atoms with Crippen LogP contribution < -0.4 is 11.1 Å². The van der Waals surface area contributed by atoms with Crippen molar-refractivity contribution in [2.45, 2.75) is 0 Å². The Morgan fingerprint density at radius 1 is 1.53 bits per heavy atom. The first kappa shape index (κ1) is 11.5. The molecule has 0 aromatic heterocycles. The molecule has 15 heavy (non-hydrogen) atoms. The highest BCUT2D eigenvalue weighted by Gasteiger charge is 2.07.